The molecule has 2 N–H and O–H groups in total. The van der Waals surface area contributed by atoms with Crippen LogP contribution in [-0.2, 0) is 4.74 Å². The van der Waals surface area contributed by atoms with Crippen molar-refractivity contribution in [3.05, 3.63) is 48.0 Å². The van der Waals surface area contributed by atoms with Crippen LogP contribution in [0.3, 0.4) is 0 Å². The monoisotopic (exact) mass is 405 g/mol. The number of primary amides is 1. The molecule has 8 nitrogen and oxygen atoms in total. The molecule has 2 aromatic heterocycles. The molecule has 0 aliphatic heterocycles. The molecule has 0 bridgehead atoms. The highest BCUT2D eigenvalue weighted by atomic mass is 16.5. The summed E-state index contributed by atoms with van der Waals surface area (Å²) in [5.74, 6) is 0.648. The van der Waals surface area contributed by atoms with Crippen LogP contribution in [0, 0.1) is 5.92 Å². The summed E-state index contributed by atoms with van der Waals surface area (Å²) in [4.78, 5) is 24.7. The number of furan rings is 1. The van der Waals surface area contributed by atoms with Gasteiger partial charge in [0.1, 0.15) is 22.6 Å². The van der Waals surface area contributed by atoms with Crippen LogP contribution in [0.4, 0.5) is 4.79 Å². The zero-order chi connectivity index (χ0) is 20.8. The Balaban J connectivity index is 1.71. The maximum Gasteiger partial charge on any atom is 0.341 e. The summed E-state index contributed by atoms with van der Waals surface area (Å²) in [5.41, 5.74) is 7.22. The van der Waals surface area contributed by atoms with E-state index in [-0.39, 0.29) is 11.3 Å². The average Bonchev–Trinajstić information content (AvgIpc) is 3.34. The zero-order valence-electron chi connectivity index (χ0n) is 16.3. The molecule has 1 amide bonds. The fraction of sp³-hybridized carbons (Fsp3) is 0.227. The Kier molecular flexibility index (Phi) is 4.20. The van der Waals surface area contributed by atoms with Crippen molar-refractivity contribution in [3.63, 3.8) is 0 Å². The van der Waals surface area contributed by atoms with Crippen LogP contribution < -0.4 is 10.5 Å². The predicted octanol–water partition coefficient (Wildman–Crippen LogP) is 3.95. The Morgan fingerprint density at radius 3 is 2.73 bits per heavy atom. The first-order valence-electron chi connectivity index (χ1n) is 9.62. The number of benzene rings is 2. The summed E-state index contributed by atoms with van der Waals surface area (Å²) < 4.78 is 18.0. The third-order valence-corrected chi connectivity index (χ3v) is 5.24. The quantitative estimate of drug-likeness (QED) is 0.504. The minimum Gasteiger partial charge on any atom is -0.495 e. The largest absolute Gasteiger partial charge is 0.495 e. The number of hydrogen-bond donors (Lipinski definition) is 1. The van der Waals surface area contributed by atoms with Gasteiger partial charge in [-0.1, -0.05) is 18.2 Å². The van der Waals surface area contributed by atoms with Crippen molar-refractivity contribution in [2.75, 3.05) is 13.7 Å². The maximum atomic E-state index is 12.7. The van der Waals surface area contributed by atoms with E-state index in [1.165, 1.54) is 7.11 Å². The molecule has 0 atom stereocenters. The smallest absolute Gasteiger partial charge is 0.341 e. The van der Waals surface area contributed by atoms with E-state index in [1.54, 1.807) is 12.1 Å². The molecule has 0 saturated heterocycles. The number of amides is 1. The second-order valence-electron chi connectivity index (χ2n) is 7.33. The third-order valence-electron chi connectivity index (χ3n) is 5.24. The van der Waals surface area contributed by atoms with Crippen LogP contribution in [0.15, 0.2) is 46.9 Å². The molecule has 0 unspecified atom stereocenters. The molecule has 1 fully saturated rings. The molecule has 1 saturated carbocycles. The number of rotatable bonds is 5. The molecule has 5 rings (SSSR count). The molecule has 2 heterocycles. The van der Waals surface area contributed by atoms with E-state index in [1.807, 2.05) is 30.3 Å². The van der Waals surface area contributed by atoms with Gasteiger partial charge in [-0.25, -0.2) is 9.59 Å². The normalized spacial score (nSPS) is 13.6. The minimum atomic E-state index is -0.756. The Bertz CT molecular complexity index is 1270. The van der Waals surface area contributed by atoms with E-state index in [0.29, 0.717) is 40.5 Å². The van der Waals surface area contributed by atoms with Crippen LogP contribution in [0.25, 0.3) is 33.3 Å². The molecule has 1 aliphatic carbocycles. The second kappa shape index (κ2) is 6.91. The number of nitrogens with two attached hydrogens (primary N) is 1. The van der Waals surface area contributed by atoms with Crippen molar-refractivity contribution < 1.29 is 23.5 Å². The molecule has 30 heavy (non-hydrogen) atoms. The first-order chi connectivity index (χ1) is 14.6. The lowest BCUT2D eigenvalue weighted by molar-refractivity contribution is 0.0483. The molecule has 4 aromatic rings. The van der Waals surface area contributed by atoms with E-state index < -0.39 is 12.0 Å². The van der Waals surface area contributed by atoms with E-state index in [2.05, 4.69) is 5.10 Å². The Labute approximate surface area is 171 Å². The molecular weight excluding hydrogens is 386 g/mol. The molecule has 0 spiro atoms. The summed E-state index contributed by atoms with van der Waals surface area (Å²) in [6.45, 7) is 0.386. The summed E-state index contributed by atoms with van der Waals surface area (Å²) in [6.07, 6.45) is 2.15. The molecule has 2 aromatic carbocycles. The molecule has 8 heteroatoms. The van der Waals surface area contributed by atoms with Gasteiger partial charge in [0.05, 0.1) is 24.6 Å². The number of carbonyl (C=O) groups excluding carboxylic acids is 2. The second-order valence-corrected chi connectivity index (χ2v) is 7.33. The van der Waals surface area contributed by atoms with Crippen molar-refractivity contribution in [3.8, 4) is 17.2 Å². The van der Waals surface area contributed by atoms with Crippen LogP contribution >= 0.6 is 0 Å². The Morgan fingerprint density at radius 1 is 1.23 bits per heavy atom. The van der Waals surface area contributed by atoms with E-state index in [4.69, 9.17) is 19.6 Å². The van der Waals surface area contributed by atoms with E-state index in [9.17, 15) is 9.59 Å². The van der Waals surface area contributed by atoms with Gasteiger partial charge in [-0.2, -0.15) is 9.78 Å². The number of fused-ring (bicyclic) bond motifs is 2. The number of hydrogen-bond acceptors (Lipinski definition) is 6. The molecule has 0 radical (unpaired) electrons. The van der Waals surface area contributed by atoms with Crippen LogP contribution in [0.2, 0.25) is 0 Å². The number of carbonyl (C=O) groups is 2. The lowest BCUT2D eigenvalue weighted by Gasteiger charge is -2.10. The first-order valence-corrected chi connectivity index (χ1v) is 9.62. The van der Waals surface area contributed by atoms with E-state index in [0.717, 1.165) is 22.9 Å². The van der Waals surface area contributed by atoms with Crippen molar-refractivity contribution in [1.29, 1.82) is 0 Å². The van der Waals surface area contributed by atoms with Crippen molar-refractivity contribution in [1.82, 2.24) is 9.78 Å². The number of methoxy groups -OCH3 is 1. The SMILES string of the molecule is COc1c(C(=O)OCC2CC2)ccc2c1c(-c1cc3ccccc3o1)nn2C(N)=O. The van der Waals surface area contributed by atoms with Crippen LogP contribution in [0.1, 0.15) is 23.2 Å². The van der Waals surface area contributed by atoms with Gasteiger partial charge >= 0.3 is 12.0 Å². The van der Waals surface area contributed by atoms with Crippen LogP contribution in [0.5, 0.6) is 5.75 Å². The highest BCUT2D eigenvalue weighted by molar-refractivity contribution is 6.07. The van der Waals surface area contributed by atoms with Gasteiger partial charge in [0.15, 0.2) is 5.76 Å². The number of nitrogens with zero attached hydrogens (tertiary/aromatic N) is 2. The molecule has 1 aliphatic rings. The minimum absolute atomic E-state index is 0.257. The van der Waals surface area contributed by atoms with Crippen molar-refractivity contribution in [2.45, 2.75) is 12.8 Å². The highest BCUT2D eigenvalue weighted by Gasteiger charge is 2.28. The standard InChI is InChI=1S/C22H19N3O5/c1-28-20-14(21(26)29-11-12-6-7-12)8-9-15-18(20)19(24-25(15)22(23)27)17-10-13-4-2-3-5-16(13)30-17/h2-5,8-10,12H,6-7,11H2,1H3,(H2,23,27). The van der Waals surface area contributed by atoms with Gasteiger partial charge in [0, 0.05) is 5.39 Å². The van der Waals surface area contributed by atoms with Gasteiger partial charge in [0.25, 0.3) is 0 Å². The van der Waals surface area contributed by atoms with Crippen molar-refractivity contribution in [2.24, 2.45) is 11.7 Å². The maximum absolute atomic E-state index is 12.7. The lowest BCUT2D eigenvalue weighted by atomic mass is 10.1. The Morgan fingerprint density at radius 2 is 2.03 bits per heavy atom. The van der Waals surface area contributed by atoms with Gasteiger partial charge in [-0.3, -0.25) is 0 Å². The third kappa shape index (κ3) is 2.97. The lowest BCUT2D eigenvalue weighted by Crippen LogP contribution is -2.20. The number of esters is 1. The van der Waals surface area contributed by atoms with Gasteiger partial charge in [0.2, 0.25) is 0 Å². The molecular formula is C22H19N3O5. The predicted molar refractivity (Wildman–Crippen MR) is 109 cm³/mol. The number of para-hydroxylation sites is 1. The zero-order valence-corrected chi connectivity index (χ0v) is 16.3. The van der Waals surface area contributed by atoms with Gasteiger partial charge in [-0.05, 0) is 43.0 Å². The number of ether oxygens (including phenoxy) is 2. The van der Waals surface area contributed by atoms with Crippen molar-refractivity contribution >= 4 is 33.9 Å². The molecule has 152 valence electrons. The van der Waals surface area contributed by atoms with Crippen LogP contribution in [-0.4, -0.2) is 35.5 Å². The number of aromatic nitrogens is 2. The fourth-order valence-corrected chi connectivity index (χ4v) is 3.55. The topological polar surface area (TPSA) is 110 Å². The van der Waals surface area contributed by atoms with Gasteiger partial charge in [-0.15, -0.1) is 0 Å². The Hall–Kier alpha value is -3.81. The summed E-state index contributed by atoms with van der Waals surface area (Å²) in [6, 6.07) is 11.7. The van der Waals surface area contributed by atoms with E-state index >= 15 is 0 Å². The summed E-state index contributed by atoms with van der Waals surface area (Å²) >= 11 is 0. The fourth-order valence-electron chi connectivity index (χ4n) is 3.55. The highest BCUT2D eigenvalue weighted by Crippen LogP contribution is 2.39. The van der Waals surface area contributed by atoms with Gasteiger partial charge < -0.3 is 19.6 Å². The summed E-state index contributed by atoms with van der Waals surface area (Å²) in [5, 5.41) is 5.70. The first kappa shape index (κ1) is 18.2. The summed E-state index contributed by atoms with van der Waals surface area (Å²) in [7, 11) is 1.45. The average molecular weight is 405 g/mol.